The molecule has 4 aromatic rings. The van der Waals surface area contributed by atoms with Crippen LogP contribution >= 0.6 is 19.2 Å². The maximum Gasteiger partial charge on any atom is 0.358 e. The summed E-state index contributed by atoms with van der Waals surface area (Å²) in [4.78, 5) is 28.0. The zero-order valence-corrected chi connectivity index (χ0v) is 24.1. The third-order valence-electron chi connectivity index (χ3n) is 5.59. The van der Waals surface area contributed by atoms with Crippen LogP contribution in [-0.2, 0) is 24.8 Å². The molecule has 0 amide bonds. The monoisotopic (exact) mass is 670 g/mol. The molecule has 224 valence electrons. The first-order chi connectivity index (χ1) is 19.9. The summed E-state index contributed by atoms with van der Waals surface area (Å²) in [5.74, 6) is -2.36. The fraction of sp³-hybridized carbons (Fsp3) is 0. The van der Waals surface area contributed by atoms with Gasteiger partial charge in [0, 0.05) is 10.6 Å². The zero-order chi connectivity index (χ0) is 31.9. The van der Waals surface area contributed by atoms with Crippen molar-refractivity contribution in [2.45, 2.75) is 9.79 Å². The number of fused-ring (bicyclic) bond motifs is 1. The molecule has 0 aliphatic heterocycles. The van der Waals surface area contributed by atoms with Gasteiger partial charge >= 0.3 is 7.60 Å². The molecule has 43 heavy (non-hydrogen) atoms. The minimum Gasteiger partial charge on any atom is -0.505 e. The molecule has 0 spiro atoms. The van der Waals surface area contributed by atoms with Crippen molar-refractivity contribution in [1.82, 2.24) is 0 Å². The smallest absolute Gasteiger partial charge is 0.358 e. The second-order valence-corrected chi connectivity index (χ2v) is 13.3. The second-order valence-electron chi connectivity index (χ2n) is 8.48. The van der Waals surface area contributed by atoms with E-state index in [0.29, 0.717) is 18.4 Å². The Bertz CT molecular complexity index is 2150. The van der Waals surface area contributed by atoms with E-state index in [9.17, 15) is 55.3 Å². The molecule has 0 unspecified atom stereocenters. The third kappa shape index (κ3) is 6.76. The Morgan fingerprint density at radius 2 is 1.33 bits per heavy atom. The molecule has 0 saturated heterocycles. The average Bonchev–Trinajstić information content (AvgIpc) is 2.90. The van der Waals surface area contributed by atoms with E-state index in [4.69, 9.17) is 11.6 Å². The standard InChI is InChI=1S/C23H16ClN4O12PS2/c24-13-4-5-15(16(9-13)41(32,33)34)26-28-21-18(43(38,39)40)8-12-7-17(42(35,36)37)20(22(30)19(12)23(21)31)27-25-14-3-1-2-11(6-14)10-29/h1-10,30-31H,(H2,32,33,34)(H,35,36,37)(H,38,39,40). The van der Waals surface area contributed by atoms with Crippen LogP contribution in [0.5, 0.6) is 11.5 Å². The largest absolute Gasteiger partial charge is 0.505 e. The molecule has 0 radical (unpaired) electrons. The molecule has 0 atom stereocenters. The van der Waals surface area contributed by atoms with Gasteiger partial charge in [-0.1, -0.05) is 23.7 Å². The molecule has 4 rings (SSSR count). The van der Waals surface area contributed by atoms with Crippen LogP contribution in [0.3, 0.4) is 0 Å². The van der Waals surface area contributed by atoms with Crippen LogP contribution in [0.4, 0.5) is 22.7 Å². The van der Waals surface area contributed by atoms with E-state index in [1.165, 1.54) is 30.3 Å². The van der Waals surface area contributed by atoms with Gasteiger partial charge in [0.1, 0.15) is 33.1 Å². The van der Waals surface area contributed by atoms with Gasteiger partial charge in [0.05, 0.1) is 16.4 Å². The summed E-state index contributed by atoms with van der Waals surface area (Å²) >= 11 is 5.78. The summed E-state index contributed by atoms with van der Waals surface area (Å²) in [6, 6.07) is 9.69. The first-order valence-electron chi connectivity index (χ1n) is 11.2. The fourth-order valence-electron chi connectivity index (χ4n) is 3.73. The maximum absolute atomic E-state index is 12.2. The Kier molecular flexibility index (Phi) is 8.51. The van der Waals surface area contributed by atoms with Crippen molar-refractivity contribution < 1.29 is 55.3 Å². The number of azo groups is 2. The highest BCUT2D eigenvalue weighted by molar-refractivity contribution is 7.86. The number of halogens is 1. The maximum atomic E-state index is 12.2. The van der Waals surface area contributed by atoms with Gasteiger partial charge in [-0.05, 0) is 47.9 Å². The Morgan fingerprint density at radius 1 is 0.767 bits per heavy atom. The predicted octanol–water partition coefficient (Wildman–Crippen LogP) is 4.84. The van der Waals surface area contributed by atoms with Crippen molar-refractivity contribution in [3.05, 3.63) is 65.2 Å². The fourth-order valence-corrected chi connectivity index (χ4v) is 6.02. The van der Waals surface area contributed by atoms with Crippen molar-refractivity contribution in [1.29, 1.82) is 0 Å². The minimum atomic E-state index is -5.27. The van der Waals surface area contributed by atoms with Crippen molar-refractivity contribution in [2.24, 2.45) is 20.5 Å². The van der Waals surface area contributed by atoms with Gasteiger partial charge in [-0.15, -0.1) is 15.3 Å². The van der Waals surface area contributed by atoms with E-state index in [0.717, 1.165) is 12.1 Å². The average molecular weight is 671 g/mol. The first-order valence-corrected chi connectivity index (χ1v) is 16.0. The SMILES string of the molecule is O=Cc1cccc(N=Nc2c(S(=O)(=O)O)cc3cc(S(=O)(=O)O)c(N=Nc4ccc(Cl)cc4P(=O)(O)O)c(O)c3c2O)c1. The lowest BCUT2D eigenvalue weighted by Gasteiger charge is -2.13. The van der Waals surface area contributed by atoms with Gasteiger partial charge in [-0.25, -0.2) is 0 Å². The molecule has 0 heterocycles. The minimum absolute atomic E-state index is 0.00893. The summed E-state index contributed by atoms with van der Waals surface area (Å²) in [7, 11) is -15.5. The summed E-state index contributed by atoms with van der Waals surface area (Å²) in [5, 5.41) is 34.4. The van der Waals surface area contributed by atoms with E-state index >= 15 is 0 Å². The predicted molar refractivity (Wildman–Crippen MR) is 150 cm³/mol. The van der Waals surface area contributed by atoms with E-state index in [2.05, 4.69) is 20.5 Å². The van der Waals surface area contributed by atoms with Crippen LogP contribution in [0.1, 0.15) is 10.4 Å². The number of rotatable bonds is 8. The molecule has 6 N–H and O–H groups in total. The summed E-state index contributed by atoms with van der Waals surface area (Å²) in [6.07, 6.45) is 0.490. The number of hydrogen-bond acceptors (Lipinski definition) is 12. The number of phenolic OH excluding ortho intramolecular Hbond substituents is 2. The van der Waals surface area contributed by atoms with Crippen LogP contribution in [-0.4, -0.2) is 52.2 Å². The number of aromatic hydroxyl groups is 2. The molecule has 0 aliphatic rings. The molecule has 0 bridgehead atoms. The number of aldehydes is 1. The molecule has 0 aromatic heterocycles. The van der Waals surface area contributed by atoms with Crippen molar-refractivity contribution in [3.63, 3.8) is 0 Å². The van der Waals surface area contributed by atoms with Crippen LogP contribution in [0.2, 0.25) is 5.02 Å². The highest BCUT2D eigenvalue weighted by atomic mass is 35.5. The molecule has 16 nitrogen and oxygen atoms in total. The summed E-state index contributed by atoms with van der Waals surface area (Å²) in [6.45, 7) is 0. The van der Waals surface area contributed by atoms with Crippen molar-refractivity contribution in [2.75, 3.05) is 0 Å². The number of benzene rings is 4. The van der Waals surface area contributed by atoms with E-state index in [1.807, 2.05) is 0 Å². The Morgan fingerprint density at radius 3 is 1.84 bits per heavy atom. The Balaban J connectivity index is 2.04. The zero-order valence-electron chi connectivity index (χ0n) is 20.8. The van der Waals surface area contributed by atoms with E-state index in [-0.39, 0.29) is 16.3 Å². The van der Waals surface area contributed by atoms with Crippen LogP contribution < -0.4 is 5.30 Å². The van der Waals surface area contributed by atoms with Crippen LogP contribution in [0.25, 0.3) is 10.8 Å². The van der Waals surface area contributed by atoms with E-state index in [1.54, 1.807) is 0 Å². The molecule has 0 fully saturated rings. The van der Waals surface area contributed by atoms with Gasteiger partial charge in [0.15, 0.2) is 11.5 Å². The summed E-state index contributed by atoms with van der Waals surface area (Å²) in [5.41, 5.74) is -2.31. The van der Waals surface area contributed by atoms with Crippen molar-refractivity contribution >= 4 is 84.5 Å². The number of nitrogens with zero attached hydrogens (tertiary/aromatic N) is 4. The lowest BCUT2D eigenvalue weighted by Crippen LogP contribution is -2.04. The first kappa shape index (κ1) is 31.8. The number of phenols is 2. The van der Waals surface area contributed by atoms with E-state index < -0.39 is 82.3 Å². The molecule has 0 saturated carbocycles. The Hall–Kier alpha value is -4.13. The normalized spacial score (nSPS) is 12.9. The molecular formula is C23H16ClN4O12PS2. The molecular weight excluding hydrogens is 655 g/mol. The lowest BCUT2D eigenvalue weighted by molar-refractivity contribution is 0.112. The Labute approximate surface area is 246 Å². The van der Waals surface area contributed by atoms with Crippen LogP contribution in [0.15, 0.2) is 84.8 Å². The molecule has 4 aromatic carbocycles. The van der Waals surface area contributed by atoms with Crippen LogP contribution in [0, 0.1) is 0 Å². The van der Waals surface area contributed by atoms with Gasteiger partial charge in [0.25, 0.3) is 20.2 Å². The quantitative estimate of drug-likeness (QED) is 0.0635. The summed E-state index contributed by atoms with van der Waals surface area (Å²) < 4.78 is 80.2. The number of hydrogen-bond donors (Lipinski definition) is 6. The topological polar surface area (TPSA) is 273 Å². The van der Waals surface area contributed by atoms with Crippen molar-refractivity contribution in [3.8, 4) is 11.5 Å². The highest BCUT2D eigenvalue weighted by Gasteiger charge is 2.29. The number of carbonyl (C=O) groups is 1. The molecule has 20 heteroatoms. The lowest BCUT2D eigenvalue weighted by atomic mass is 10.1. The number of carbonyl (C=O) groups excluding carboxylic acids is 1. The molecule has 0 aliphatic carbocycles. The third-order valence-corrected chi connectivity index (χ3v) is 8.54. The van der Waals surface area contributed by atoms with Gasteiger partial charge in [0.2, 0.25) is 0 Å². The van der Waals surface area contributed by atoms with Gasteiger partial charge in [-0.3, -0.25) is 18.5 Å². The highest BCUT2D eigenvalue weighted by Crippen LogP contribution is 2.50. The van der Waals surface area contributed by atoms with Gasteiger partial charge in [-0.2, -0.15) is 21.9 Å². The van der Waals surface area contributed by atoms with Gasteiger partial charge < -0.3 is 20.0 Å². The second kappa shape index (κ2) is 11.5.